The highest BCUT2D eigenvalue weighted by atomic mass is 35.5. The Kier molecular flexibility index (Phi) is 4.10. The van der Waals surface area contributed by atoms with Gasteiger partial charge in [-0.3, -0.25) is 0 Å². The number of hydrogen-bond donors (Lipinski definition) is 0. The maximum Gasteiger partial charge on any atom is 0.137 e. The molecule has 0 amide bonds. The highest BCUT2D eigenvalue weighted by Gasteiger charge is 2.08. The van der Waals surface area contributed by atoms with Crippen molar-refractivity contribution in [2.45, 2.75) is 0 Å². The van der Waals surface area contributed by atoms with Crippen LogP contribution in [0.2, 0.25) is 5.15 Å². The summed E-state index contributed by atoms with van der Waals surface area (Å²) >= 11 is 7.76. The quantitative estimate of drug-likeness (QED) is 0.501. The second-order valence-corrected chi connectivity index (χ2v) is 5.88. The Morgan fingerprint density at radius 1 is 1.36 bits per heavy atom. The number of allylic oxidation sites excluding steroid dienone is 1. The lowest BCUT2D eigenvalue weighted by atomic mass is 10.1. The third-order valence-electron chi connectivity index (χ3n) is 3.21. The summed E-state index contributed by atoms with van der Waals surface area (Å²) in [5.74, 6) is 0.755. The van der Waals surface area contributed by atoms with Crippen LogP contribution in [0.4, 0.5) is 0 Å². The Morgan fingerprint density at radius 2 is 2.23 bits per heavy atom. The molecule has 0 saturated heterocycles. The van der Waals surface area contributed by atoms with Crippen molar-refractivity contribution in [3.63, 3.8) is 0 Å². The third kappa shape index (κ3) is 2.82. The van der Waals surface area contributed by atoms with Crippen LogP contribution in [-0.2, 0) is 0 Å². The summed E-state index contributed by atoms with van der Waals surface area (Å²) in [4.78, 5) is 5.29. The lowest BCUT2D eigenvalue weighted by Gasteiger charge is -2.05. The first-order valence-electron chi connectivity index (χ1n) is 6.51. The van der Waals surface area contributed by atoms with Gasteiger partial charge in [-0.15, -0.1) is 11.3 Å². The Morgan fingerprint density at radius 3 is 2.91 bits per heavy atom. The molecule has 0 bridgehead atoms. The van der Waals surface area contributed by atoms with Gasteiger partial charge in [-0.25, -0.2) is 4.98 Å². The van der Waals surface area contributed by atoms with Gasteiger partial charge in [-0.05, 0) is 41.8 Å². The van der Waals surface area contributed by atoms with Gasteiger partial charge in [0.1, 0.15) is 17.0 Å². The van der Waals surface area contributed by atoms with Crippen molar-refractivity contribution in [1.29, 1.82) is 5.26 Å². The first-order chi connectivity index (χ1) is 10.7. The van der Waals surface area contributed by atoms with Gasteiger partial charge in [0, 0.05) is 15.8 Å². The van der Waals surface area contributed by atoms with E-state index in [1.165, 1.54) is 11.3 Å². The smallest absolute Gasteiger partial charge is 0.137 e. The summed E-state index contributed by atoms with van der Waals surface area (Å²) in [6.07, 6.45) is 1.76. The van der Waals surface area contributed by atoms with Crippen LogP contribution in [0.5, 0.6) is 5.75 Å². The Bertz CT molecular complexity index is 895. The number of hydrogen-bond acceptors (Lipinski definition) is 4. The minimum atomic E-state index is 0.377. The fourth-order valence-corrected chi connectivity index (χ4v) is 3.01. The van der Waals surface area contributed by atoms with E-state index in [2.05, 4.69) is 11.1 Å². The number of rotatable bonds is 3. The van der Waals surface area contributed by atoms with E-state index in [9.17, 15) is 5.26 Å². The van der Waals surface area contributed by atoms with E-state index < -0.39 is 0 Å². The normalized spacial score (nSPS) is 11.4. The molecular weight excluding hydrogens is 316 g/mol. The minimum absolute atomic E-state index is 0.377. The molecular formula is C17H11ClN2OS. The third-order valence-corrected chi connectivity index (χ3v) is 4.42. The van der Waals surface area contributed by atoms with Gasteiger partial charge in [0.15, 0.2) is 0 Å². The van der Waals surface area contributed by atoms with Gasteiger partial charge >= 0.3 is 0 Å². The molecule has 0 aliphatic carbocycles. The average molecular weight is 327 g/mol. The summed E-state index contributed by atoms with van der Waals surface area (Å²) in [5, 5.41) is 12.6. The van der Waals surface area contributed by atoms with Gasteiger partial charge in [0.05, 0.1) is 18.2 Å². The van der Waals surface area contributed by atoms with E-state index in [4.69, 9.17) is 16.3 Å². The van der Waals surface area contributed by atoms with Crippen LogP contribution in [-0.4, -0.2) is 12.1 Å². The van der Waals surface area contributed by atoms with E-state index in [1.807, 2.05) is 41.8 Å². The number of halogens is 1. The molecule has 0 fully saturated rings. The zero-order valence-electron chi connectivity index (χ0n) is 11.7. The van der Waals surface area contributed by atoms with Crippen LogP contribution in [0, 0.1) is 11.3 Å². The van der Waals surface area contributed by atoms with E-state index >= 15 is 0 Å². The summed E-state index contributed by atoms with van der Waals surface area (Å²) < 4.78 is 5.23. The number of thiophene rings is 1. The van der Waals surface area contributed by atoms with E-state index in [0.29, 0.717) is 16.3 Å². The van der Waals surface area contributed by atoms with Crippen LogP contribution in [0.3, 0.4) is 0 Å². The molecule has 22 heavy (non-hydrogen) atoms. The summed E-state index contributed by atoms with van der Waals surface area (Å²) in [6.45, 7) is 0. The average Bonchev–Trinajstić information content (AvgIpc) is 3.06. The zero-order valence-corrected chi connectivity index (χ0v) is 13.3. The van der Waals surface area contributed by atoms with Crippen molar-refractivity contribution >= 4 is 45.5 Å². The molecule has 0 unspecified atom stereocenters. The predicted octanol–water partition coefficient (Wildman–Crippen LogP) is 5.02. The van der Waals surface area contributed by atoms with Crippen LogP contribution in [0.25, 0.3) is 22.6 Å². The number of pyridine rings is 1. The summed E-state index contributed by atoms with van der Waals surface area (Å²) in [6, 6.07) is 13.5. The van der Waals surface area contributed by atoms with E-state index in [0.717, 1.165) is 21.5 Å². The first kappa shape index (κ1) is 14.6. The van der Waals surface area contributed by atoms with Crippen LogP contribution >= 0.6 is 22.9 Å². The van der Waals surface area contributed by atoms with Crippen molar-refractivity contribution in [2.24, 2.45) is 0 Å². The van der Waals surface area contributed by atoms with E-state index in [1.54, 1.807) is 13.2 Å². The van der Waals surface area contributed by atoms with Crippen LogP contribution in [0.15, 0.2) is 41.8 Å². The highest BCUT2D eigenvalue weighted by Crippen LogP contribution is 2.28. The van der Waals surface area contributed by atoms with Crippen molar-refractivity contribution in [1.82, 2.24) is 4.98 Å². The Labute approximate surface area is 137 Å². The number of methoxy groups -OCH3 is 1. The molecule has 3 rings (SSSR count). The predicted molar refractivity (Wildman–Crippen MR) is 91.1 cm³/mol. The molecule has 0 radical (unpaired) electrons. The van der Waals surface area contributed by atoms with Crippen molar-refractivity contribution in [3.05, 3.63) is 57.4 Å². The summed E-state index contributed by atoms with van der Waals surface area (Å²) in [7, 11) is 1.62. The number of benzene rings is 1. The molecule has 0 saturated carbocycles. The zero-order chi connectivity index (χ0) is 15.5. The summed E-state index contributed by atoms with van der Waals surface area (Å²) in [5.41, 5.74) is 2.07. The molecule has 0 spiro atoms. The Balaban J connectivity index is 2.14. The SMILES string of the molecule is COc1ccc2nc(Cl)c(/C=C(\C#N)c3cccs3)cc2c1. The van der Waals surface area contributed by atoms with Gasteiger partial charge in [0.25, 0.3) is 0 Å². The molecule has 1 aromatic carbocycles. The van der Waals surface area contributed by atoms with Crippen LogP contribution in [0.1, 0.15) is 10.4 Å². The second kappa shape index (κ2) is 6.18. The lowest BCUT2D eigenvalue weighted by Crippen LogP contribution is -1.88. The molecule has 5 heteroatoms. The fraction of sp³-hybridized carbons (Fsp3) is 0.0588. The lowest BCUT2D eigenvalue weighted by molar-refractivity contribution is 0.415. The standard InChI is InChI=1S/C17H11ClN2OS/c1-21-14-4-5-15-11(9-14)7-12(17(18)20-15)8-13(10-19)16-3-2-6-22-16/h2-9H,1H3/b13-8+. The molecule has 3 aromatic rings. The van der Waals surface area contributed by atoms with Crippen molar-refractivity contribution in [3.8, 4) is 11.8 Å². The number of ether oxygens (including phenoxy) is 1. The van der Waals surface area contributed by atoms with Gasteiger partial charge in [0.2, 0.25) is 0 Å². The molecule has 0 atom stereocenters. The highest BCUT2D eigenvalue weighted by molar-refractivity contribution is 7.11. The number of fused-ring (bicyclic) bond motifs is 1. The maximum atomic E-state index is 9.35. The minimum Gasteiger partial charge on any atom is -0.497 e. The first-order valence-corrected chi connectivity index (χ1v) is 7.77. The molecule has 0 aliphatic heterocycles. The van der Waals surface area contributed by atoms with Crippen LogP contribution < -0.4 is 4.74 Å². The number of nitrogens with zero attached hydrogens (tertiary/aromatic N) is 2. The van der Waals surface area contributed by atoms with Gasteiger partial charge < -0.3 is 4.74 Å². The van der Waals surface area contributed by atoms with Crippen molar-refractivity contribution < 1.29 is 4.74 Å². The van der Waals surface area contributed by atoms with Crippen molar-refractivity contribution in [2.75, 3.05) is 7.11 Å². The number of nitriles is 1. The second-order valence-electron chi connectivity index (χ2n) is 4.57. The van der Waals surface area contributed by atoms with Gasteiger partial charge in [-0.2, -0.15) is 5.26 Å². The van der Waals surface area contributed by atoms with E-state index in [-0.39, 0.29) is 0 Å². The monoisotopic (exact) mass is 326 g/mol. The molecule has 0 aliphatic rings. The van der Waals surface area contributed by atoms with Gasteiger partial charge in [-0.1, -0.05) is 17.7 Å². The molecule has 3 nitrogen and oxygen atoms in total. The largest absolute Gasteiger partial charge is 0.497 e. The molecule has 2 aromatic heterocycles. The maximum absolute atomic E-state index is 9.35. The molecule has 2 heterocycles. The molecule has 0 N–H and O–H groups in total. The topological polar surface area (TPSA) is 45.9 Å². The molecule has 108 valence electrons. The Hall–Kier alpha value is -2.35. The number of aromatic nitrogens is 1. The fourth-order valence-electron chi connectivity index (χ4n) is 2.12.